The number of hydrogen-bond acceptors (Lipinski definition) is 2. The normalized spacial score (nSPS) is 35.6. The Labute approximate surface area is 61.0 Å². The van der Waals surface area contributed by atoms with Crippen LogP contribution < -0.4 is 0 Å². The van der Waals surface area contributed by atoms with Crippen LogP contribution in [0.5, 0.6) is 0 Å². The first kappa shape index (κ1) is 7.60. The molecule has 1 rings (SSSR count). The van der Waals surface area contributed by atoms with Gasteiger partial charge in [0, 0.05) is 0 Å². The van der Waals surface area contributed by atoms with Crippen molar-refractivity contribution in [2.75, 3.05) is 5.75 Å². The molecule has 48 valence electrons. The fourth-order valence-corrected chi connectivity index (χ4v) is 26.3. The molecule has 0 saturated carbocycles. The quantitative estimate of drug-likeness (QED) is 0.610. The minimum absolute atomic E-state index is 0.964. The van der Waals surface area contributed by atoms with E-state index in [0.717, 1.165) is 5.25 Å². The molecule has 0 aromatic carbocycles. The summed E-state index contributed by atoms with van der Waals surface area (Å²) in [4.78, 5) is 5.01. The van der Waals surface area contributed by atoms with Gasteiger partial charge in [0.05, 0.1) is 0 Å². The molecule has 1 fully saturated rings. The van der Waals surface area contributed by atoms with Crippen LogP contribution in [0.1, 0.15) is 6.92 Å². The summed E-state index contributed by atoms with van der Waals surface area (Å²) in [6, 6.07) is 0. The van der Waals surface area contributed by atoms with Gasteiger partial charge in [-0.15, -0.1) is 0 Å². The Morgan fingerprint density at radius 3 is 2.25 bits per heavy atom. The molecule has 1 aliphatic rings. The maximum absolute atomic E-state index is 2.51. The van der Waals surface area contributed by atoms with Crippen molar-refractivity contribution in [2.45, 2.75) is 22.1 Å². The van der Waals surface area contributed by atoms with E-state index in [1.165, 1.54) is 5.75 Å². The third-order valence-electron chi connectivity index (χ3n) is 1.15. The van der Waals surface area contributed by atoms with Gasteiger partial charge in [0.2, 0.25) is 0 Å². The summed E-state index contributed by atoms with van der Waals surface area (Å²) in [5.74, 6) is 1.42. The molecule has 3 heteroatoms. The van der Waals surface area contributed by atoms with Gasteiger partial charge in [-0.3, -0.25) is 0 Å². The number of rotatable bonds is 0. The molecule has 0 aliphatic carbocycles. The van der Waals surface area contributed by atoms with Crippen LogP contribution in [-0.4, -0.2) is 26.6 Å². The van der Waals surface area contributed by atoms with Crippen LogP contribution in [0.15, 0.2) is 0 Å². The second kappa shape index (κ2) is 2.62. The predicted molar refractivity (Wildman–Crippen MR) is 47.0 cm³/mol. The summed E-state index contributed by atoms with van der Waals surface area (Å²) in [6.07, 6.45) is 0. The van der Waals surface area contributed by atoms with Crippen molar-refractivity contribution in [3.63, 3.8) is 0 Å². The van der Waals surface area contributed by atoms with Gasteiger partial charge in [0.25, 0.3) is 0 Å². The summed E-state index contributed by atoms with van der Waals surface area (Å²) < 4.78 is 0. The molecule has 1 aliphatic heterocycles. The SMILES string of the molecule is CC1C[S][Sn]([CH3])([CH3])[S]1. The van der Waals surface area contributed by atoms with Crippen molar-refractivity contribution in [2.24, 2.45) is 0 Å². The first-order chi connectivity index (χ1) is 3.60. The summed E-state index contributed by atoms with van der Waals surface area (Å²) in [7, 11) is 4.58. The summed E-state index contributed by atoms with van der Waals surface area (Å²) >= 11 is -1.42. The van der Waals surface area contributed by atoms with Crippen molar-refractivity contribution in [1.82, 2.24) is 0 Å². The molecule has 8 heavy (non-hydrogen) atoms. The van der Waals surface area contributed by atoms with Gasteiger partial charge in [-0.05, 0) is 0 Å². The first-order valence-electron chi connectivity index (χ1n) is 2.92. The zero-order chi connectivity index (χ0) is 6.20. The molecule has 1 saturated heterocycles. The monoisotopic (exact) mass is 256 g/mol. The fourth-order valence-electron chi connectivity index (χ4n) is 0.871. The van der Waals surface area contributed by atoms with E-state index in [2.05, 4.69) is 34.7 Å². The molecule has 0 radical (unpaired) electrons. The van der Waals surface area contributed by atoms with Crippen molar-refractivity contribution in [1.29, 1.82) is 0 Å². The molecule has 0 bridgehead atoms. The molecule has 0 aromatic heterocycles. The van der Waals surface area contributed by atoms with E-state index in [-0.39, 0.29) is 0 Å². The molecule has 0 amide bonds. The maximum atomic E-state index is 2.51. The van der Waals surface area contributed by atoms with Crippen molar-refractivity contribution in [3.8, 4) is 0 Å². The van der Waals surface area contributed by atoms with Gasteiger partial charge in [-0.25, -0.2) is 0 Å². The van der Waals surface area contributed by atoms with E-state index < -0.39 is 15.6 Å². The van der Waals surface area contributed by atoms with E-state index in [1.54, 1.807) is 0 Å². The molecule has 1 heterocycles. The Bertz CT molecular complexity index is 92.4. The Morgan fingerprint density at radius 1 is 1.50 bits per heavy atom. The first-order valence-corrected chi connectivity index (χ1v) is 17.5. The second-order valence-electron chi connectivity index (χ2n) is 2.64. The summed E-state index contributed by atoms with van der Waals surface area (Å²) in [5.41, 5.74) is 0. The summed E-state index contributed by atoms with van der Waals surface area (Å²) in [5, 5.41) is 0.964. The van der Waals surface area contributed by atoms with E-state index in [4.69, 9.17) is 0 Å². The molecule has 0 nitrogen and oxygen atoms in total. The Morgan fingerprint density at radius 2 is 2.12 bits per heavy atom. The molecule has 0 N–H and O–H groups in total. The topological polar surface area (TPSA) is 0 Å². The molecular weight excluding hydrogens is 243 g/mol. The zero-order valence-corrected chi connectivity index (χ0v) is 10.1. The Kier molecular flexibility index (Phi) is 2.49. The molecule has 0 spiro atoms. The van der Waals surface area contributed by atoms with Crippen LogP contribution in [0, 0.1) is 0 Å². The van der Waals surface area contributed by atoms with Gasteiger partial charge >= 0.3 is 61.3 Å². The van der Waals surface area contributed by atoms with Gasteiger partial charge < -0.3 is 0 Å². The van der Waals surface area contributed by atoms with Crippen LogP contribution >= 0.6 is 17.9 Å². The number of hydrogen-bond donors (Lipinski definition) is 0. The average molecular weight is 255 g/mol. The van der Waals surface area contributed by atoms with Crippen LogP contribution in [0.2, 0.25) is 9.88 Å². The van der Waals surface area contributed by atoms with E-state index in [0.29, 0.717) is 0 Å². The van der Waals surface area contributed by atoms with Crippen LogP contribution in [0.4, 0.5) is 0 Å². The average Bonchev–Trinajstić information content (AvgIpc) is 1.82. The molecule has 1 unspecified atom stereocenters. The third-order valence-corrected chi connectivity index (χ3v) is 23.9. The standard InChI is InChI=1S/C3H8S2.2CH3.Sn/c1-3(5)2-4;;;/h3-5H,2H2,1H3;2*1H3;/q;;;+2/p-2. The Balaban J connectivity index is 2.44. The minimum atomic E-state index is -1.42. The predicted octanol–water partition coefficient (Wildman–Crippen LogP) is 2.56. The van der Waals surface area contributed by atoms with E-state index in [9.17, 15) is 0 Å². The second-order valence-corrected chi connectivity index (χ2v) is 32.2. The summed E-state index contributed by atoms with van der Waals surface area (Å²) in [6.45, 7) is 2.35. The van der Waals surface area contributed by atoms with Crippen LogP contribution in [0.25, 0.3) is 0 Å². The van der Waals surface area contributed by atoms with Crippen LogP contribution in [0.3, 0.4) is 0 Å². The third kappa shape index (κ3) is 2.03. The molecular formula is C5H12S2Sn. The van der Waals surface area contributed by atoms with E-state index >= 15 is 0 Å². The molecule has 0 aromatic rings. The van der Waals surface area contributed by atoms with Gasteiger partial charge in [0.1, 0.15) is 0 Å². The van der Waals surface area contributed by atoms with Crippen LogP contribution in [-0.2, 0) is 0 Å². The molecule has 1 atom stereocenters. The van der Waals surface area contributed by atoms with Gasteiger partial charge in [-0.1, -0.05) is 0 Å². The van der Waals surface area contributed by atoms with Gasteiger partial charge in [0.15, 0.2) is 0 Å². The zero-order valence-electron chi connectivity index (χ0n) is 5.60. The van der Waals surface area contributed by atoms with E-state index in [1.807, 2.05) is 0 Å². The van der Waals surface area contributed by atoms with Crippen molar-refractivity contribution >= 4 is 33.5 Å². The fraction of sp³-hybridized carbons (Fsp3) is 1.00. The van der Waals surface area contributed by atoms with Gasteiger partial charge in [-0.2, -0.15) is 0 Å². The van der Waals surface area contributed by atoms with Crippen molar-refractivity contribution in [3.05, 3.63) is 0 Å². The van der Waals surface area contributed by atoms with Crippen molar-refractivity contribution < 1.29 is 0 Å². The Hall–Kier alpha value is 1.50.